The van der Waals surface area contributed by atoms with E-state index in [0.717, 1.165) is 34.2 Å². The summed E-state index contributed by atoms with van der Waals surface area (Å²) >= 11 is 1.75. The Kier molecular flexibility index (Phi) is 3.70. The molecule has 5 aromatic rings. The molecular weight excluding hydrogens is 382 g/mol. The van der Waals surface area contributed by atoms with Crippen molar-refractivity contribution in [1.29, 1.82) is 0 Å². The van der Waals surface area contributed by atoms with Gasteiger partial charge in [-0.25, -0.2) is 9.97 Å². The topological polar surface area (TPSA) is 82.3 Å². The van der Waals surface area contributed by atoms with Gasteiger partial charge in [-0.05, 0) is 42.2 Å². The van der Waals surface area contributed by atoms with Gasteiger partial charge in [0.2, 0.25) is 5.82 Å². The van der Waals surface area contributed by atoms with Gasteiger partial charge in [0, 0.05) is 28.4 Å². The SMILES string of the molecule is c1ccc(-c2nnn(-c3nc(-c4cccnc4)nc4sc5c(c34)CCC5)n2)cc1. The highest BCUT2D eigenvalue weighted by Crippen LogP contribution is 2.39. The number of hydrogen-bond donors (Lipinski definition) is 0. The Morgan fingerprint density at radius 2 is 1.79 bits per heavy atom. The first-order valence-electron chi connectivity index (χ1n) is 9.45. The standard InChI is InChI=1S/C21H15N7S/c1-2-6-13(7-3-1)19-25-27-28(26-19)20-17-15-9-4-10-16(15)29-21(17)24-18(23-20)14-8-5-11-22-12-14/h1-3,5-8,11-12H,4,9-10H2. The lowest BCUT2D eigenvalue weighted by Gasteiger charge is -2.06. The summed E-state index contributed by atoms with van der Waals surface area (Å²) in [6.45, 7) is 0. The van der Waals surface area contributed by atoms with Crippen LogP contribution in [0.25, 0.3) is 38.8 Å². The molecule has 0 aliphatic heterocycles. The Labute approximate surface area is 170 Å². The summed E-state index contributed by atoms with van der Waals surface area (Å²) in [6.07, 6.45) is 6.82. The van der Waals surface area contributed by atoms with Crippen molar-refractivity contribution in [3.8, 4) is 28.6 Å². The minimum Gasteiger partial charge on any atom is -0.264 e. The number of rotatable bonds is 3. The number of fused-ring (bicyclic) bond motifs is 3. The second kappa shape index (κ2) is 6.52. The molecule has 8 heteroatoms. The summed E-state index contributed by atoms with van der Waals surface area (Å²) in [5.74, 6) is 1.88. The second-order valence-electron chi connectivity index (χ2n) is 6.92. The normalized spacial score (nSPS) is 13.1. The van der Waals surface area contributed by atoms with Gasteiger partial charge in [-0.3, -0.25) is 4.98 Å². The molecule has 1 aliphatic rings. The highest BCUT2D eigenvalue weighted by molar-refractivity contribution is 7.19. The molecular formula is C21H15N7S. The van der Waals surface area contributed by atoms with Gasteiger partial charge >= 0.3 is 0 Å². The molecule has 1 aliphatic carbocycles. The number of hydrogen-bond acceptors (Lipinski definition) is 7. The van der Waals surface area contributed by atoms with E-state index in [-0.39, 0.29) is 0 Å². The summed E-state index contributed by atoms with van der Waals surface area (Å²) in [4.78, 5) is 17.8. The lowest BCUT2D eigenvalue weighted by Crippen LogP contribution is -2.06. The second-order valence-corrected chi connectivity index (χ2v) is 8.00. The average Bonchev–Trinajstić information content (AvgIpc) is 3.50. The van der Waals surface area contributed by atoms with Crippen molar-refractivity contribution >= 4 is 21.6 Å². The number of benzene rings is 1. The zero-order valence-electron chi connectivity index (χ0n) is 15.4. The van der Waals surface area contributed by atoms with Crippen molar-refractivity contribution < 1.29 is 0 Å². The van der Waals surface area contributed by atoms with Gasteiger partial charge < -0.3 is 0 Å². The third-order valence-corrected chi connectivity index (χ3v) is 6.29. The lowest BCUT2D eigenvalue weighted by atomic mass is 10.2. The Balaban J connectivity index is 1.58. The largest absolute Gasteiger partial charge is 0.264 e. The van der Waals surface area contributed by atoms with Gasteiger partial charge in [0.1, 0.15) is 4.83 Å². The molecule has 6 rings (SSSR count). The third kappa shape index (κ3) is 2.72. The Hall–Kier alpha value is -3.52. The van der Waals surface area contributed by atoms with Crippen LogP contribution in [0, 0.1) is 0 Å². The van der Waals surface area contributed by atoms with Crippen molar-refractivity contribution in [2.24, 2.45) is 0 Å². The molecule has 0 N–H and O–H groups in total. The van der Waals surface area contributed by atoms with Crippen LogP contribution >= 0.6 is 11.3 Å². The molecule has 0 saturated heterocycles. The molecule has 0 bridgehead atoms. The van der Waals surface area contributed by atoms with Crippen LogP contribution in [0.4, 0.5) is 0 Å². The van der Waals surface area contributed by atoms with E-state index in [9.17, 15) is 0 Å². The summed E-state index contributed by atoms with van der Waals surface area (Å²) in [6, 6.07) is 13.7. The van der Waals surface area contributed by atoms with Crippen LogP contribution in [0.1, 0.15) is 16.9 Å². The number of aryl methyl sites for hydroxylation is 2. The maximum atomic E-state index is 4.85. The molecule has 0 unspecified atom stereocenters. The number of pyridine rings is 1. The first-order valence-corrected chi connectivity index (χ1v) is 10.3. The van der Waals surface area contributed by atoms with E-state index >= 15 is 0 Å². The summed E-state index contributed by atoms with van der Waals surface area (Å²) < 4.78 is 0. The van der Waals surface area contributed by atoms with Crippen LogP contribution < -0.4 is 0 Å². The molecule has 0 amide bonds. The molecule has 4 aromatic heterocycles. The molecule has 0 spiro atoms. The monoisotopic (exact) mass is 397 g/mol. The Morgan fingerprint density at radius 3 is 2.66 bits per heavy atom. The number of thiophene rings is 1. The fourth-order valence-electron chi connectivity index (χ4n) is 3.75. The minimum absolute atomic E-state index is 0.576. The van der Waals surface area contributed by atoms with Gasteiger partial charge in [-0.15, -0.1) is 26.3 Å². The average molecular weight is 397 g/mol. The van der Waals surface area contributed by atoms with Crippen LogP contribution in [0.2, 0.25) is 0 Å². The zero-order valence-corrected chi connectivity index (χ0v) is 16.2. The Morgan fingerprint density at radius 1 is 0.897 bits per heavy atom. The molecule has 0 saturated carbocycles. The molecule has 0 fully saturated rings. The zero-order chi connectivity index (χ0) is 19.2. The predicted molar refractivity (Wildman–Crippen MR) is 111 cm³/mol. The highest BCUT2D eigenvalue weighted by atomic mass is 32.1. The minimum atomic E-state index is 0.576. The first-order chi connectivity index (χ1) is 14.4. The van der Waals surface area contributed by atoms with Crippen LogP contribution in [0.3, 0.4) is 0 Å². The van der Waals surface area contributed by atoms with E-state index in [2.05, 4.69) is 20.4 Å². The Bertz CT molecular complexity index is 1330. The number of tetrazole rings is 1. The summed E-state index contributed by atoms with van der Waals surface area (Å²) in [5.41, 5.74) is 3.12. The van der Waals surface area contributed by atoms with E-state index in [1.807, 2.05) is 42.5 Å². The van der Waals surface area contributed by atoms with E-state index in [1.165, 1.54) is 21.7 Å². The van der Waals surface area contributed by atoms with Crippen LogP contribution in [0.5, 0.6) is 0 Å². The van der Waals surface area contributed by atoms with E-state index < -0.39 is 0 Å². The molecule has 1 aromatic carbocycles. The van der Waals surface area contributed by atoms with Crippen molar-refractivity contribution in [2.75, 3.05) is 0 Å². The molecule has 7 nitrogen and oxygen atoms in total. The van der Waals surface area contributed by atoms with Crippen molar-refractivity contribution in [3.05, 3.63) is 65.3 Å². The van der Waals surface area contributed by atoms with Crippen LogP contribution in [-0.2, 0) is 12.8 Å². The van der Waals surface area contributed by atoms with E-state index in [0.29, 0.717) is 17.5 Å². The quantitative estimate of drug-likeness (QED) is 0.459. The number of nitrogens with zero attached hydrogens (tertiary/aromatic N) is 7. The van der Waals surface area contributed by atoms with Gasteiger partial charge in [-0.1, -0.05) is 30.3 Å². The highest BCUT2D eigenvalue weighted by Gasteiger charge is 2.24. The van der Waals surface area contributed by atoms with E-state index in [4.69, 9.17) is 9.97 Å². The van der Waals surface area contributed by atoms with Gasteiger partial charge in [-0.2, -0.15) is 0 Å². The van der Waals surface area contributed by atoms with Crippen molar-refractivity contribution in [2.45, 2.75) is 19.3 Å². The van der Waals surface area contributed by atoms with Crippen LogP contribution in [-0.4, -0.2) is 35.2 Å². The number of aromatic nitrogens is 7. The van der Waals surface area contributed by atoms with Gasteiger partial charge in [0.05, 0.1) is 5.39 Å². The van der Waals surface area contributed by atoms with Crippen molar-refractivity contribution in [1.82, 2.24) is 35.2 Å². The smallest absolute Gasteiger partial charge is 0.205 e. The molecule has 140 valence electrons. The van der Waals surface area contributed by atoms with Crippen LogP contribution in [0.15, 0.2) is 54.9 Å². The third-order valence-electron chi connectivity index (χ3n) is 5.10. The summed E-state index contributed by atoms with van der Waals surface area (Å²) in [7, 11) is 0. The fourth-order valence-corrected chi connectivity index (χ4v) is 5.01. The molecule has 4 heterocycles. The molecule has 0 atom stereocenters. The van der Waals surface area contributed by atoms with E-state index in [1.54, 1.807) is 23.7 Å². The lowest BCUT2D eigenvalue weighted by molar-refractivity contribution is 0.705. The van der Waals surface area contributed by atoms with Gasteiger partial charge in [0.15, 0.2) is 11.6 Å². The molecule has 0 radical (unpaired) electrons. The van der Waals surface area contributed by atoms with Gasteiger partial charge in [0.25, 0.3) is 0 Å². The maximum Gasteiger partial charge on any atom is 0.205 e. The maximum absolute atomic E-state index is 4.85. The molecule has 29 heavy (non-hydrogen) atoms. The first kappa shape index (κ1) is 16.4. The predicted octanol–water partition coefficient (Wildman–Crippen LogP) is 3.88. The van der Waals surface area contributed by atoms with Crippen molar-refractivity contribution in [3.63, 3.8) is 0 Å². The summed E-state index contributed by atoms with van der Waals surface area (Å²) in [5, 5.41) is 14.3. The fraction of sp³-hybridized carbons (Fsp3) is 0.143.